The van der Waals surface area contributed by atoms with Crippen molar-refractivity contribution < 1.29 is 4.79 Å². The van der Waals surface area contributed by atoms with Gasteiger partial charge in [0.25, 0.3) is 0 Å². The summed E-state index contributed by atoms with van der Waals surface area (Å²) in [7, 11) is 0. The number of hydrogen-bond donors (Lipinski definition) is 0. The van der Waals surface area contributed by atoms with Crippen LogP contribution < -0.4 is 0 Å². The first kappa shape index (κ1) is 8.47. The molecular weight excluding hydrogens is 114 g/mol. The molecule has 0 aromatic heterocycles. The lowest BCUT2D eigenvalue weighted by Gasteiger charge is -2.21. The van der Waals surface area contributed by atoms with Crippen molar-refractivity contribution in [3.05, 3.63) is 0 Å². The lowest BCUT2D eigenvalue weighted by molar-refractivity contribution is -0.118. The second-order valence-corrected chi connectivity index (χ2v) is 2.20. The molecule has 0 unspecified atom stereocenters. The molecule has 0 spiro atoms. The van der Waals surface area contributed by atoms with Gasteiger partial charge in [-0.2, -0.15) is 0 Å². The predicted octanol–water partition coefficient (Wildman–Crippen LogP) is 1.26. The van der Waals surface area contributed by atoms with Crippen molar-refractivity contribution in [1.29, 1.82) is 0 Å². The lowest BCUT2D eigenvalue weighted by Crippen LogP contribution is -2.27. The maximum atomic E-state index is 10.1. The summed E-state index contributed by atoms with van der Waals surface area (Å²) in [4.78, 5) is 11.9. The number of carbonyl (C=O) groups excluding carboxylic acids is 1. The van der Waals surface area contributed by atoms with E-state index in [1.165, 1.54) is 19.3 Å². The summed E-state index contributed by atoms with van der Waals surface area (Å²) in [6, 6.07) is 0. The molecule has 0 aromatic rings. The highest BCUT2D eigenvalue weighted by Crippen LogP contribution is 2.05. The number of carbonyl (C=O) groups is 1. The van der Waals surface area contributed by atoms with E-state index >= 15 is 0 Å². The highest BCUT2D eigenvalue weighted by Gasteiger charge is 2.05. The Kier molecular flexibility index (Phi) is 4.10. The fourth-order valence-corrected chi connectivity index (χ4v) is 1.02. The van der Waals surface area contributed by atoms with Gasteiger partial charge in [-0.25, -0.2) is 0 Å². The van der Waals surface area contributed by atoms with Crippen LogP contribution in [0.1, 0.15) is 26.7 Å². The molecule has 1 amide bonds. The molecule has 1 saturated heterocycles. The Bertz CT molecular complexity index is 77.0. The van der Waals surface area contributed by atoms with Crippen LogP contribution in [0, 0.1) is 0 Å². The molecule has 0 bridgehead atoms. The van der Waals surface area contributed by atoms with E-state index in [9.17, 15) is 4.79 Å². The molecule has 1 aliphatic rings. The molecule has 0 radical (unpaired) electrons. The van der Waals surface area contributed by atoms with Gasteiger partial charge in [0, 0.05) is 13.1 Å². The number of likely N-dealkylation sites (tertiary alicyclic amines) is 1. The monoisotopic (exact) mass is 129 g/mol. The van der Waals surface area contributed by atoms with Crippen LogP contribution in [0.3, 0.4) is 0 Å². The molecule has 0 saturated carbocycles. The fraction of sp³-hybridized carbons (Fsp3) is 0.857. The molecule has 9 heavy (non-hydrogen) atoms. The lowest BCUT2D eigenvalue weighted by atomic mass is 10.1. The van der Waals surface area contributed by atoms with Crippen LogP contribution in [-0.4, -0.2) is 24.4 Å². The molecule has 0 aliphatic carbocycles. The van der Waals surface area contributed by atoms with Gasteiger partial charge >= 0.3 is 0 Å². The van der Waals surface area contributed by atoms with Crippen molar-refractivity contribution in [3.8, 4) is 0 Å². The molecule has 1 aliphatic heterocycles. The van der Waals surface area contributed by atoms with Gasteiger partial charge in [-0.1, -0.05) is 7.43 Å². The van der Waals surface area contributed by atoms with Gasteiger partial charge in [0.15, 0.2) is 0 Å². The molecular formula is C7H15NO. The zero-order chi connectivity index (χ0) is 5.82. The van der Waals surface area contributed by atoms with Crippen molar-refractivity contribution in [3.63, 3.8) is 0 Å². The normalized spacial score (nSPS) is 18.4. The summed E-state index contributed by atoms with van der Waals surface area (Å²) in [6.45, 7) is 1.95. The van der Waals surface area contributed by atoms with E-state index < -0.39 is 0 Å². The van der Waals surface area contributed by atoms with Crippen LogP contribution in [0.15, 0.2) is 0 Å². The van der Waals surface area contributed by atoms with Crippen molar-refractivity contribution in [2.45, 2.75) is 26.7 Å². The number of nitrogens with zero attached hydrogens (tertiary/aromatic N) is 1. The summed E-state index contributed by atoms with van der Waals surface area (Å²) in [6.07, 6.45) is 4.63. The maximum Gasteiger partial charge on any atom is 0.209 e. The Labute approximate surface area is 56.9 Å². The van der Waals surface area contributed by atoms with E-state index in [0.717, 1.165) is 19.5 Å². The quantitative estimate of drug-likeness (QED) is 0.488. The van der Waals surface area contributed by atoms with Gasteiger partial charge < -0.3 is 4.90 Å². The van der Waals surface area contributed by atoms with E-state index in [1.54, 1.807) is 0 Å². The van der Waals surface area contributed by atoms with E-state index in [4.69, 9.17) is 0 Å². The molecule has 2 heteroatoms. The smallest absolute Gasteiger partial charge is 0.209 e. The van der Waals surface area contributed by atoms with Gasteiger partial charge in [-0.3, -0.25) is 4.79 Å². The zero-order valence-electron chi connectivity index (χ0n) is 4.97. The first-order valence-corrected chi connectivity index (χ1v) is 3.13. The van der Waals surface area contributed by atoms with E-state index in [1.807, 2.05) is 4.90 Å². The molecule has 0 N–H and O–H groups in total. The minimum absolute atomic E-state index is 0. The first-order chi connectivity index (χ1) is 3.93. The van der Waals surface area contributed by atoms with Crippen LogP contribution in [0.2, 0.25) is 0 Å². The average Bonchev–Trinajstić information content (AvgIpc) is 1.90. The van der Waals surface area contributed by atoms with Crippen molar-refractivity contribution in [2.24, 2.45) is 0 Å². The van der Waals surface area contributed by atoms with Crippen LogP contribution in [-0.2, 0) is 4.79 Å². The summed E-state index contributed by atoms with van der Waals surface area (Å²) < 4.78 is 0. The van der Waals surface area contributed by atoms with Crippen molar-refractivity contribution in [1.82, 2.24) is 4.90 Å². The zero-order valence-corrected chi connectivity index (χ0v) is 4.97. The largest absolute Gasteiger partial charge is 0.345 e. The van der Waals surface area contributed by atoms with Gasteiger partial charge in [0.1, 0.15) is 0 Å². The Morgan fingerprint density at radius 1 is 1.11 bits per heavy atom. The minimum Gasteiger partial charge on any atom is -0.345 e. The fourth-order valence-electron chi connectivity index (χ4n) is 1.02. The van der Waals surface area contributed by atoms with Gasteiger partial charge in [-0.05, 0) is 19.3 Å². The van der Waals surface area contributed by atoms with E-state index in [-0.39, 0.29) is 7.43 Å². The van der Waals surface area contributed by atoms with Crippen LogP contribution in [0.5, 0.6) is 0 Å². The third kappa shape index (κ3) is 2.49. The van der Waals surface area contributed by atoms with E-state index in [0.29, 0.717) is 0 Å². The Morgan fingerprint density at radius 3 is 2.00 bits per heavy atom. The number of hydrogen-bond acceptors (Lipinski definition) is 1. The number of piperidine rings is 1. The van der Waals surface area contributed by atoms with Gasteiger partial charge in [0.2, 0.25) is 6.41 Å². The van der Waals surface area contributed by atoms with Crippen LogP contribution in [0.25, 0.3) is 0 Å². The molecule has 0 aromatic carbocycles. The van der Waals surface area contributed by atoms with Gasteiger partial charge in [0.05, 0.1) is 0 Å². The third-order valence-electron chi connectivity index (χ3n) is 1.54. The van der Waals surface area contributed by atoms with Gasteiger partial charge in [-0.15, -0.1) is 0 Å². The number of rotatable bonds is 1. The first-order valence-electron chi connectivity index (χ1n) is 3.13. The minimum atomic E-state index is 0. The highest BCUT2D eigenvalue weighted by atomic mass is 16.1. The summed E-state index contributed by atoms with van der Waals surface area (Å²) in [5.41, 5.74) is 0. The molecule has 2 nitrogen and oxygen atoms in total. The third-order valence-corrected chi connectivity index (χ3v) is 1.54. The average molecular weight is 129 g/mol. The van der Waals surface area contributed by atoms with Crippen LogP contribution >= 0.6 is 0 Å². The second kappa shape index (κ2) is 4.36. The molecule has 54 valence electrons. The summed E-state index contributed by atoms with van der Waals surface area (Å²) >= 11 is 0. The topological polar surface area (TPSA) is 20.3 Å². The maximum absolute atomic E-state index is 10.1. The van der Waals surface area contributed by atoms with Crippen molar-refractivity contribution in [2.75, 3.05) is 13.1 Å². The standard InChI is InChI=1S/C6H11NO.CH4/c8-6-7-4-2-1-3-5-7;/h6H,1-5H2;1H4. The summed E-state index contributed by atoms with van der Waals surface area (Å²) in [5.74, 6) is 0. The Balaban J connectivity index is 0.000000640. The summed E-state index contributed by atoms with van der Waals surface area (Å²) in [5, 5.41) is 0. The number of amides is 1. The van der Waals surface area contributed by atoms with Crippen molar-refractivity contribution >= 4 is 6.41 Å². The van der Waals surface area contributed by atoms with Crippen LogP contribution in [0.4, 0.5) is 0 Å². The Hall–Kier alpha value is -0.530. The van der Waals surface area contributed by atoms with E-state index in [2.05, 4.69) is 0 Å². The Morgan fingerprint density at radius 2 is 1.67 bits per heavy atom. The molecule has 1 heterocycles. The molecule has 1 rings (SSSR count). The second-order valence-electron chi connectivity index (χ2n) is 2.20. The molecule has 1 fully saturated rings. The molecule has 0 atom stereocenters. The predicted molar refractivity (Wildman–Crippen MR) is 38.2 cm³/mol. The highest BCUT2D eigenvalue weighted by molar-refractivity contribution is 5.46. The SMILES string of the molecule is C.O=CN1CCCCC1.